The zero-order chi connectivity index (χ0) is 18.4. The third-order valence-corrected chi connectivity index (χ3v) is 4.20. The van der Waals surface area contributed by atoms with E-state index >= 15 is 0 Å². The predicted molar refractivity (Wildman–Crippen MR) is 99.1 cm³/mol. The van der Waals surface area contributed by atoms with Crippen molar-refractivity contribution in [3.8, 4) is 5.69 Å². The summed E-state index contributed by atoms with van der Waals surface area (Å²) in [5.41, 5.74) is 1.35. The minimum Gasteiger partial charge on any atom is -0.334 e. The molecule has 8 nitrogen and oxygen atoms in total. The molecule has 0 unspecified atom stereocenters. The Morgan fingerprint density at radius 1 is 1.19 bits per heavy atom. The molecule has 1 aromatic carbocycles. The lowest BCUT2D eigenvalue weighted by molar-refractivity contribution is 0.238. The monoisotopic (exact) mass is 370 g/mol. The summed E-state index contributed by atoms with van der Waals surface area (Å²) in [6.45, 7) is 3.72. The van der Waals surface area contributed by atoms with E-state index in [1.165, 1.54) is 21.8 Å². The molecule has 4 aromatic rings. The van der Waals surface area contributed by atoms with Gasteiger partial charge in [0, 0.05) is 17.3 Å². The summed E-state index contributed by atoms with van der Waals surface area (Å²) in [4.78, 5) is 29.2. The second-order valence-electron chi connectivity index (χ2n) is 6.17. The molecular weight excluding hydrogens is 356 g/mol. The van der Waals surface area contributed by atoms with Crippen molar-refractivity contribution in [2.75, 3.05) is 0 Å². The van der Waals surface area contributed by atoms with Gasteiger partial charge in [-0.15, -0.1) is 0 Å². The van der Waals surface area contributed by atoms with Crippen LogP contribution in [0, 0.1) is 0 Å². The number of rotatable bonds is 2. The summed E-state index contributed by atoms with van der Waals surface area (Å²) in [6, 6.07) is 6.48. The maximum Gasteiger partial charge on any atom is 0.344 e. The number of fused-ring (bicyclic) bond motifs is 3. The minimum atomic E-state index is -0.374. The van der Waals surface area contributed by atoms with Crippen molar-refractivity contribution in [1.29, 1.82) is 0 Å². The van der Waals surface area contributed by atoms with Crippen LogP contribution in [0.2, 0.25) is 5.02 Å². The van der Waals surface area contributed by atoms with E-state index in [1.54, 1.807) is 24.3 Å². The van der Waals surface area contributed by atoms with Crippen molar-refractivity contribution in [2.24, 2.45) is 0 Å². The summed E-state index contributed by atoms with van der Waals surface area (Å²) in [7, 11) is 0. The van der Waals surface area contributed by atoms with Crippen molar-refractivity contribution >= 4 is 39.6 Å². The van der Waals surface area contributed by atoms with E-state index in [-0.39, 0.29) is 17.6 Å². The summed E-state index contributed by atoms with van der Waals surface area (Å²) < 4.78 is 2.60. The molecular formula is C17H15ClN6O2. The van der Waals surface area contributed by atoms with E-state index in [1.807, 2.05) is 13.8 Å². The SMILES string of the molecule is CC(C)NC(=O)n1ncc2c3[nH]n(-c4ccc(Cl)cc4)c(=O)c3cnc21. The number of aromatic amines is 1. The molecule has 4 rings (SSSR count). The van der Waals surface area contributed by atoms with Gasteiger partial charge in [-0.3, -0.25) is 9.89 Å². The van der Waals surface area contributed by atoms with Crippen molar-refractivity contribution in [3.05, 3.63) is 52.0 Å². The molecule has 0 radical (unpaired) electrons. The maximum absolute atomic E-state index is 12.7. The molecule has 132 valence electrons. The second-order valence-corrected chi connectivity index (χ2v) is 6.61. The van der Waals surface area contributed by atoms with E-state index in [0.29, 0.717) is 32.6 Å². The van der Waals surface area contributed by atoms with Crippen LogP contribution < -0.4 is 10.9 Å². The van der Waals surface area contributed by atoms with Gasteiger partial charge >= 0.3 is 6.03 Å². The second kappa shape index (κ2) is 5.99. The van der Waals surface area contributed by atoms with Crippen LogP contribution in [0.25, 0.3) is 27.6 Å². The Bertz CT molecular complexity index is 1190. The highest BCUT2D eigenvalue weighted by Gasteiger charge is 2.18. The fraction of sp³-hybridized carbons (Fsp3) is 0.176. The van der Waals surface area contributed by atoms with Crippen LogP contribution in [0.3, 0.4) is 0 Å². The highest BCUT2D eigenvalue weighted by atomic mass is 35.5. The smallest absolute Gasteiger partial charge is 0.334 e. The first-order valence-electron chi connectivity index (χ1n) is 8.00. The van der Waals surface area contributed by atoms with Gasteiger partial charge in [0.25, 0.3) is 5.56 Å². The average Bonchev–Trinajstić information content (AvgIpc) is 3.17. The largest absolute Gasteiger partial charge is 0.344 e. The third-order valence-electron chi connectivity index (χ3n) is 3.94. The highest BCUT2D eigenvalue weighted by Crippen LogP contribution is 2.21. The number of nitrogens with one attached hydrogen (secondary N) is 2. The number of pyridine rings is 1. The van der Waals surface area contributed by atoms with Gasteiger partial charge in [-0.25, -0.2) is 14.5 Å². The number of carbonyl (C=O) groups excluding carboxylic acids is 1. The molecule has 0 saturated carbocycles. The molecule has 1 amide bonds. The number of hydrogen-bond acceptors (Lipinski definition) is 4. The Morgan fingerprint density at radius 3 is 2.62 bits per heavy atom. The number of carbonyl (C=O) groups is 1. The lowest BCUT2D eigenvalue weighted by Crippen LogP contribution is -2.34. The van der Waals surface area contributed by atoms with Gasteiger partial charge in [0.15, 0.2) is 5.65 Å². The van der Waals surface area contributed by atoms with Gasteiger partial charge in [0.05, 0.1) is 28.2 Å². The van der Waals surface area contributed by atoms with Crippen LogP contribution in [0.4, 0.5) is 4.79 Å². The fourth-order valence-electron chi connectivity index (χ4n) is 2.77. The Kier molecular flexibility index (Phi) is 3.77. The van der Waals surface area contributed by atoms with Crippen LogP contribution in [-0.4, -0.2) is 36.6 Å². The fourth-order valence-corrected chi connectivity index (χ4v) is 2.90. The highest BCUT2D eigenvalue weighted by molar-refractivity contribution is 6.30. The van der Waals surface area contributed by atoms with E-state index < -0.39 is 0 Å². The molecule has 3 aromatic heterocycles. The summed E-state index contributed by atoms with van der Waals surface area (Å²) in [5.74, 6) is 0. The minimum absolute atomic E-state index is 0.0312. The van der Waals surface area contributed by atoms with E-state index in [9.17, 15) is 9.59 Å². The Morgan fingerprint density at radius 2 is 1.92 bits per heavy atom. The first-order valence-corrected chi connectivity index (χ1v) is 8.38. The molecule has 0 fully saturated rings. The summed E-state index contributed by atoms with van der Waals surface area (Å²) in [6.07, 6.45) is 2.97. The molecule has 0 atom stereocenters. The van der Waals surface area contributed by atoms with Gasteiger partial charge in [0.1, 0.15) is 0 Å². The number of hydrogen-bond donors (Lipinski definition) is 2. The van der Waals surface area contributed by atoms with E-state index in [0.717, 1.165) is 0 Å². The topological polar surface area (TPSA) is 97.6 Å². The Hall–Kier alpha value is -3.13. The van der Waals surface area contributed by atoms with Crippen molar-refractivity contribution in [2.45, 2.75) is 19.9 Å². The van der Waals surface area contributed by atoms with Crippen molar-refractivity contribution in [3.63, 3.8) is 0 Å². The number of nitrogens with zero attached hydrogens (tertiary/aromatic N) is 4. The number of amides is 1. The van der Waals surface area contributed by atoms with Crippen LogP contribution >= 0.6 is 11.6 Å². The van der Waals surface area contributed by atoms with Gasteiger partial charge in [-0.05, 0) is 38.1 Å². The molecule has 0 bridgehead atoms. The summed E-state index contributed by atoms with van der Waals surface area (Å²) in [5, 5.41) is 11.5. The molecule has 0 aliphatic heterocycles. The van der Waals surface area contributed by atoms with Crippen LogP contribution in [0.5, 0.6) is 0 Å². The first-order chi connectivity index (χ1) is 12.5. The lowest BCUT2D eigenvalue weighted by Gasteiger charge is -2.07. The van der Waals surface area contributed by atoms with E-state index in [4.69, 9.17) is 11.6 Å². The lowest BCUT2D eigenvalue weighted by atomic mass is 10.2. The number of halogens is 1. The van der Waals surface area contributed by atoms with Gasteiger partial charge in [-0.2, -0.15) is 9.78 Å². The predicted octanol–water partition coefficient (Wildman–Crippen LogP) is 2.68. The molecule has 9 heteroatoms. The van der Waals surface area contributed by atoms with Crippen LogP contribution in [0.15, 0.2) is 41.5 Å². The Balaban J connectivity index is 1.90. The van der Waals surface area contributed by atoms with E-state index in [2.05, 4.69) is 20.5 Å². The zero-order valence-electron chi connectivity index (χ0n) is 14.0. The number of benzene rings is 1. The normalized spacial score (nSPS) is 11.5. The standard InChI is InChI=1S/C17H15ClN6O2/c1-9(2)21-17(26)24-15-12(8-20-24)14-13(7-19-15)16(25)23(22-14)11-5-3-10(18)4-6-11/h3-9,22H,1-2H3,(H,21,26). The average molecular weight is 371 g/mol. The van der Waals surface area contributed by atoms with Gasteiger partial charge in [0.2, 0.25) is 0 Å². The number of H-pyrrole nitrogens is 1. The van der Waals surface area contributed by atoms with Crippen LogP contribution in [0.1, 0.15) is 13.8 Å². The number of aromatic nitrogens is 5. The molecule has 0 spiro atoms. The molecule has 0 aliphatic carbocycles. The third kappa shape index (κ3) is 2.55. The summed E-state index contributed by atoms with van der Waals surface area (Å²) >= 11 is 5.91. The Labute approximate surface area is 152 Å². The molecule has 0 saturated heterocycles. The zero-order valence-corrected chi connectivity index (χ0v) is 14.8. The quantitative estimate of drug-likeness (QED) is 0.566. The molecule has 26 heavy (non-hydrogen) atoms. The molecule has 0 aliphatic rings. The van der Waals surface area contributed by atoms with Gasteiger partial charge < -0.3 is 5.32 Å². The molecule has 2 N–H and O–H groups in total. The maximum atomic E-state index is 12.7. The van der Waals surface area contributed by atoms with Crippen molar-refractivity contribution in [1.82, 2.24) is 29.9 Å². The molecule has 3 heterocycles. The first kappa shape index (κ1) is 16.3. The van der Waals surface area contributed by atoms with Crippen LogP contribution in [-0.2, 0) is 0 Å². The van der Waals surface area contributed by atoms with Crippen molar-refractivity contribution < 1.29 is 4.79 Å². The van der Waals surface area contributed by atoms with Gasteiger partial charge in [-0.1, -0.05) is 11.6 Å².